The predicted octanol–water partition coefficient (Wildman–Crippen LogP) is 36.4. The van der Waals surface area contributed by atoms with Crippen molar-refractivity contribution in [2.45, 2.75) is 33.1 Å². The third-order valence-corrected chi connectivity index (χ3v) is 30.6. The van der Waals surface area contributed by atoms with E-state index in [1.807, 2.05) is 36.4 Å². The Morgan fingerprint density at radius 2 is 0.432 bits per heavy atom. The van der Waals surface area contributed by atoms with Crippen molar-refractivity contribution < 1.29 is 13.3 Å². The van der Waals surface area contributed by atoms with Crippen LogP contribution in [0.15, 0.2) is 462 Å². The first kappa shape index (κ1) is 84.0. The minimum Gasteiger partial charge on any atom is -0.455 e. The molecule has 29 aromatic rings. The number of furan rings is 3. The van der Waals surface area contributed by atoms with Crippen LogP contribution in [0.5, 0.6) is 0 Å². The highest BCUT2D eigenvalue weighted by molar-refractivity contribution is 6.27. The quantitative estimate of drug-likeness (QED) is 0.137. The molecule has 0 N–H and O–H groups in total. The van der Waals surface area contributed by atoms with Gasteiger partial charge in [-0.25, -0.2) is 29.9 Å². The van der Waals surface area contributed by atoms with E-state index >= 15 is 0 Å². The molecule has 2 aliphatic rings. The maximum Gasteiger partial charge on any atom is 0.143 e. The van der Waals surface area contributed by atoms with Crippen molar-refractivity contribution in [2.24, 2.45) is 0 Å². The number of hydrogen-bond donors (Lipinski definition) is 0. The van der Waals surface area contributed by atoms with E-state index in [4.69, 9.17) is 43.2 Å². The Labute approximate surface area is 839 Å². The molecule has 0 saturated heterocycles. The predicted molar refractivity (Wildman–Crippen MR) is 604 cm³/mol. The van der Waals surface area contributed by atoms with Crippen LogP contribution < -0.4 is 0 Å². The van der Waals surface area contributed by atoms with Gasteiger partial charge in [0.1, 0.15) is 33.5 Å². The molecule has 1 spiro atoms. The third-order valence-electron chi connectivity index (χ3n) is 30.6. The smallest absolute Gasteiger partial charge is 0.143 e. The first-order valence-corrected chi connectivity index (χ1v) is 49.9. The zero-order valence-corrected chi connectivity index (χ0v) is 80.1. The highest BCUT2D eigenvalue weighted by atomic mass is 16.3. The number of aryl methyl sites for hydroxylation is 4. The van der Waals surface area contributed by atoms with Crippen LogP contribution in [0, 0.1) is 27.7 Å². The molecule has 0 bridgehead atoms. The molecule has 31 rings (SSSR count). The summed E-state index contributed by atoms with van der Waals surface area (Å²) in [5, 5.41) is 20.6. The molecule has 682 valence electrons. The Bertz CT molecular complexity index is 10500. The number of fused-ring (bicyclic) bond motifs is 37. The zero-order chi connectivity index (χ0) is 96.7. The van der Waals surface area contributed by atoms with E-state index in [1.54, 1.807) is 0 Å². The summed E-state index contributed by atoms with van der Waals surface area (Å²) in [5.41, 5.74) is 41.4. The molecule has 0 fully saturated rings. The van der Waals surface area contributed by atoms with Crippen molar-refractivity contribution in [1.29, 1.82) is 0 Å². The Morgan fingerprint density at radius 1 is 0.171 bits per heavy atom. The van der Waals surface area contributed by atoms with Gasteiger partial charge in [0.05, 0.1) is 72.7 Å². The van der Waals surface area contributed by atoms with Gasteiger partial charge in [0.25, 0.3) is 0 Å². The molecule has 0 atom stereocenters. The van der Waals surface area contributed by atoms with Gasteiger partial charge in [-0.05, 0) is 169 Å². The van der Waals surface area contributed by atoms with Crippen LogP contribution in [0.25, 0.3) is 275 Å². The highest BCUT2D eigenvalue weighted by Crippen LogP contribution is 2.64. The maximum atomic E-state index is 6.56. The lowest BCUT2D eigenvalue weighted by Gasteiger charge is -2.30. The first-order chi connectivity index (χ1) is 72.1. The van der Waals surface area contributed by atoms with Crippen LogP contribution in [0.3, 0.4) is 0 Å². The largest absolute Gasteiger partial charge is 0.455 e. The van der Waals surface area contributed by atoms with E-state index in [9.17, 15) is 0 Å². The van der Waals surface area contributed by atoms with E-state index < -0.39 is 5.41 Å². The number of para-hydroxylation sites is 6. The van der Waals surface area contributed by atoms with Crippen LogP contribution in [0.1, 0.15) is 44.6 Å². The summed E-state index contributed by atoms with van der Waals surface area (Å²) in [4.78, 5) is 32.9. The van der Waals surface area contributed by atoms with Crippen molar-refractivity contribution in [3.05, 3.63) is 494 Å². The minimum absolute atomic E-state index is 0.479. The van der Waals surface area contributed by atoms with Crippen molar-refractivity contribution in [3.8, 4) is 112 Å². The maximum absolute atomic E-state index is 6.56. The first-order valence-electron chi connectivity index (χ1n) is 49.9. The van der Waals surface area contributed by atoms with E-state index in [-0.39, 0.29) is 0 Å². The summed E-state index contributed by atoms with van der Waals surface area (Å²) in [5.74, 6) is 0. The molecule has 23 aromatic carbocycles. The monoisotopic (exact) mass is 1860 g/mol. The average molecular weight is 1860 g/mol. The van der Waals surface area contributed by atoms with E-state index in [0.717, 1.165) is 227 Å². The number of nitrogens with zero attached hydrogens (tertiary/aromatic N) is 6. The molecule has 146 heavy (non-hydrogen) atoms. The van der Waals surface area contributed by atoms with Gasteiger partial charge in [-0.2, -0.15) is 0 Å². The fraction of sp³-hybridized carbons (Fsp3) is 0.0365. The van der Waals surface area contributed by atoms with E-state index in [1.165, 1.54) is 93.5 Å². The Kier molecular flexibility index (Phi) is 19.0. The number of hydrogen-bond acceptors (Lipinski definition) is 9. The minimum atomic E-state index is -0.479. The van der Waals surface area contributed by atoms with Gasteiger partial charge in [0.15, 0.2) is 0 Å². The average Bonchev–Trinajstić information content (AvgIpc) is 1.50. The molecule has 9 heteroatoms. The molecular formula is C137H86N6O3. The van der Waals surface area contributed by atoms with Gasteiger partial charge in [0.2, 0.25) is 0 Å². The molecule has 9 nitrogen and oxygen atoms in total. The topological polar surface area (TPSA) is 117 Å². The van der Waals surface area contributed by atoms with E-state index in [0.29, 0.717) is 0 Å². The van der Waals surface area contributed by atoms with Crippen LogP contribution in [0.4, 0.5) is 0 Å². The third kappa shape index (κ3) is 12.9. The number of aromatic nitrogens is 6. The normalized spacial score (nSPS) is 12.4. The number of benzene rings is 23. The molecule has 2 aliphatic carbocycles. The van der Waals surface area contributed by atoms with Gasteiger partial charge in [-0.15, -0.1) is 0 Å². The summed E-state index contributed by atoms with van der Waals surface area (Å²) < 4.78 is 19.3. The molecule has 0 aliphatic heterocycles. The zero-order valence-electron chi connectivity index (χ0n) is 80.1. The van der Waals surface area contributed by atoms with Crippen LogP contribution in [-0.4, -0.2) is 29.9 Å². The second-order valence-corrected chi connectivity index (χ2v) is 38.9. The van der Waals surface area contributed by atoms with Crippen molar-refractivity contribution >= 4 is 164 Å². The van der Waals surface area contributed by atoms with Crippen LogP contribution in [0.2, 0.25) is 0 Å². The number of rotatable bonds is 8. The summed E-state index contributed by atoms with van der Waals surface area (Å²) in [6, 6.07) is 160. The summed E-state index contributed by atoms with van der Waals surface area (Å²) in [7, 11) is 0. The van der Waals surface area contributed by atoms with Gasteiger partial charge >= 0.3 is 0 Å². The Balaban J connectivity index is 0.000000107. The summed E-state index contributed by atoms with van der Waals surface area (Å²) in [6.45, 7) is 8.57. The fourth-order valence-corrected chi connectivity index (χ4v) is 24.3. The molecule has 6 aromatic heterocycles. The molecule has 0 radical (unpaired) electrons. The summed E-state index contributed by atoms with van der Waals surface area (Å²) >= 11 is 0. The van der Waals surface area contributed by atoms with Crippen molar-refractivity contribution in [3.63, 3.8) is 0 Å². The molecule has 0 saturated carbocycles. The second kappa shape index (κ2) is 33.1. The summed E-state index contributed by atoms with van der Waals surface area (Å²) in [6.07, 6.45) is 0. The lowest BCUT2D eigenvalue weighted by Crippen LogP contribution is -2.25. The molecular weight excluding hydrogens is 1780 g/mol. The molecule has 0 amide bonds. The molecule has 6 heterocycles. The van der Waals surface area contributed by atoms with Gasteiger partial charge in [0, 0.05) is 109 Å². The van der Waals surface area contributed by atoms with Crippen LogP contribution >= 0.6 is 0 Å². The van der Waals surface area contributed by atoms with Crippen LogP contribution in [-0.2, 0) is 5.41 Å². The lowest BCUT2D eigenvalue weighted by atomic mass is 9.70. The second-order valence-electron chi connectivity index (χ2n) is 38.9. The van der Waals surface area contributed by atoms with Gasteiger partial charge in [-0.3, -0.25) is 0 Å². The van der Waals surface area contributed by atoms with Gasteiger partial charge < -0.3 is 13.3 Å². The SMILES string of the molecule is Cc1cc(C)c(-c2nc3c4ccccc4c4ccccc4c3nc2-c2cccc(-c3cccc4c3oc3ccccc34)c2)c(C)c1.Cc1nc2c3ccccc3c3ccccc3c2nc1-c1ccc(-c2cccc3c2oc2ccccc23)cc1.c1cc(-c2nc3c4ccccc4c4ccccc4c3nc2-c2ccc3c(c2)C2(c4ccccc4-c4ccccc42)c2ccccc2-3)cc(-c2cccc3c2oc2ccccc23)c1. The Morgan fingerprint density at radius 3 is 0.815 bits per heavy atom. The highest BCUT2D eigenvalue weighted by Gasteiger charge is 2.52. The van der Waals surface area contributed by atoms with Crippen molar-refractivity contribution in [2.75, 3.05) is 0 Å². The Hall–Kier alpha value is -19.0. The van der Waals surface area contributed by atoms with Gasteiger partial charge in [-0.1, -0.05) is 418 Å². The fourth-order valence-electron chi connectivity index (χ4n) is 24.3. The lowest BCUT2D eigenvalue weighted by molar-refractivity contribution is 0.669. The standard InChI is InChI=1S/C59H34N2O.C43H30N2O.C35H22N2O/c1-3-23-46-39(17-1)40-18-2-4-24-47(40)57-56(46)60-54(36-16-13-15-35(33-36)38-25-14-26-48-45-22-8-12-30-53(45)62-58(38)48)55(61-57)37-31-32-44-43-21-7-11-29-51(43)59(52(44)34-37)49-27-9-5-19-41(49)42-20-6-10-28-50(42)59;1-25-22-26(2)38(27(3)23-25)42-39(44-40-34-17-6-4-14-31(34)32-15-5-7-18-35(32)41(40)45-42)29-13-10-12-28(24-29)30-19-11-20-36-33-16-8-9-21-37(33)46-43(30)36;1-21-32(37-34-29-13-5-3-10-26(29)25-9-2-4-12-28(25)33(34)36-21)23-19-17-22(18-20-23)24-14-8-15-30-27-11-6-7-16-31(27)38-35(24)30/h1-34H;4-24H,1-3H3;2-20H,1H3. The van der Waals surface area contributed by atoms with Crippen molar-refractivity contribution in [1.82, 2.24) is 29.9 Å². The van der Waals surface area contributed by atoms with E-state index in [2.05, 4.69) is 440 Å². The molecule has 0 unspecified atom stereocenters.